The van der Waals surface area contributed by atoms with Crippen molar-refractivity contribution in [2.75, 3.05) is 40.5 Å². The molecule has 0 N–H and O–H groups in total. The summed E-state index contributed by atoms with van der Waals surface area (Å²) in [6.45, 7) is 3.29. The van der Waals surface area contributed by atoms with E-state index in [1.165, 1.54) is 7.11 Å². The molecule has 11 heavy (non-hydrogen) atoms. The molecular weight excluding hydrogens is 144 g/mol. The molecule has 0 aromatic heterocycles. The Balaban J connectivity index is 2.23. The van der Waals surface area contributed by atoms with Crippen LogP contribution < -0.4 is 0 Å². The fourth-order valence-electron chi connectivity index (χ4n) is 1.17. The van der Waals surface area contributed by atoms with Crippen LogP contribution >= 0.6 is 0 Å². The maximum atomic E-state index is 10.8. The van der Waals surface area contributed by atoms with Gasteiger partial charge in [0.05, 0.1) is 20.3 Å². The van der Waals surface area contributed by atoms with Gasteiger partial charge in [-0.3, -0.25) is 14.6 Å². The number of hydrogen-bond acceptors (Lipinski definition) is 4. The van der Waals surface area contributed by atoms with E-state index in [1.807, 2.05) is 7.05 Å². The van der Waals surface area contributed by atoms with Gasteiger partial charge in [0.2, 0.25) is 0 Å². The van der Waals surface area contributed by atoms with Crippen LogP contribution in [0.4, 0.5) is 0 Å². The minimum absolute atomic E-state index is 0.152. The van der Waals surface area contributed by atoms with Crippen LogP contribution in [0.1, 0.15) is 0 Å². The molecule has 0 amide bonds. The second-order valence-corrected chi connectivity index (χ2v) is 2.85. The summed E-state index contributed by atoms with van der Waals surface area (Å²) >= 11 is 0. The summed E-state index contributed by atoms with van der Waals surface area (Å²) < 4.78 is 4.55. The summed E-state index contributed by atoms with van der Waals surface area (Å²) in [4.78, 5) is 15.0. The second kappa shape index (κ2) is 3.69. The predicted molar refractivity (Wildman–Crippen MR) is 41.1 cm³/mol. The number of likely N-dealkylation sites (N-methyl/N-ethyl adjacent to an activating group) is 1. The lowest BCUT2D eigenvalue weighted by Crippen LogP contribution is -2.29. The van der Waals surface area contributed by atoms with E-state index >= 15 is 0 Å². The molecule has 1 heterocycles. The third-order valence-corrected chi connectivity index (χ3v) is 1.82. The zero-order valence-corrected chi connectivity index (χ0v) is 7.04. The van der Waals surface area contributed by atoms with Gasteiger partial charge < -0.3 is 4.74 Å². The molecule has 0 aromatic carbocycles. The molecule has 1 saturated heterocycles. The highest BCUT2D eigenvalue weighted by Gasteiger charge is 2.18. The van der Waals surface area contributed by atoms with Gasteiger partial charge in [0, 0.05) is 13.1 Å². The first kappa shape index (κ1) is 8.49. The van der Waals surface area contributed by atoms with Gasteiger partial charge in [-0.1, -0.05) is 0 Å². The maximum Gasteiger partial charge on any atom is 0.319 e. The average Bonchev–Trinajstić information content (AvgIpc) is 2.35. The summed E-state index contributed by atoms with van der Waals surface area (Å²) in [5.74, 6) is -0.152. The van der Waals surface area contributed by atoms with Crippen molar-refractivity contribution < 1.29 is 9.53 Å². The van der Waals surface area contributed by atoms with Crippen molar-refractivity contribution in [3.8, 4) is 0 Å². The van der Waals surface area contributed by atoms with Crippen LogP contribution in [0.5, 0.6) is 0 Å². The molecular formula is C7H14N2O2. The molecule has 1 fully saturated rings. The average molecular weight is 158 g/mol. The van der Waals surface area contributed by atoms with E-state index in [0.29, 0.717) is 6.54 Å². The van der Waals surface area contributed by atoms with Gasteiger partial charge in [0.1, 0.15) is 0 Å². The lowest BCUT2D eigenvalue weighted by molar-refractivity contribution is -0.141. The highest BCUT2D eigenvalue weighted by Crippen LogP contribution is 2.00. The number of ether oxygens (including phenoxy) is 1. The first-order valence-electron chi connectivity index (χ1n) is 3.70. The lowest BCUT2D eigenvalue weighted by atomic mass is 10.5. The zero-order valence-electron chi connectivity index (χ0n) is 7.04. The number of methoxy groups -OCH3 is 1. The molecule has 1 rings (SSSR count). The molecule has 0 unspecified atom stereocenters. The Morgan fingerprint density at radius 2 is 2.27 bits per heavy atom. The minimum atomic E-state index is -0.152. The number of hydrogen-bond donors (Lipinski definition) is 0. The van der Waals surface area contributed by atoms with E-state index in [0.717, 1.165) is 19.8 Å². The molecule has 0 radical (unpaired) electrons. The molecule has 1 aliphatic rings. The third kappa shape index (κ3) is 2.48. The van der Waals surface area contributed by atoms with Crippen LogP contribution in [0.25, 0.3) is 0 Å². The summed E-state index contributed by atoms with van der Waals surface area (Å²) in [7, 11) is 3.46. The van der Waals surface area contributed by atoms with Gasteiger partial charge in [-0.25, -0.2) is 0 Å². The molecule has 4 heteroatoms. The van der Waals surface area contributed by atoms with Crippen molar-refractivity contribution in [1.82, 2.24) is 9.80 Å². The zero-order chi connectivity index (χ0) is 8.27. The van der Waals surface area contributed by atoms with E-state index in [4.69, 9.17) is 0 Å². The van der Waals surface area contributed by atoms with Crippen molar-refractivity contribution in [2.45, 2.75) is 0 Å². The number of rotatable bonds is 2. The fourth-order valence-corrected chi connectivity index (χ4v) is 1.17. The Bertz CT molecular complexity index is 149. The topological polar surface area (TPSA) is 32.8 Å². The molecule has 0 saturated carbocycles. The van der Waals surface area contributed by atoms with E-state index < -0.39 is 0 Å². The van der Waals surface area contributed by atoms with Gasteiger partial charge >= 0.3 is 5.97 Å². The number of carbonyl (C=O) groups excluding carboxylic acids is 1. The van der Waals surface area contributed by atoms with E-state index in [1.54, 1.807) is 0 Å². The molecule has 64 valence electrons. The molecule has 1 aliphatic heterocycles. The molecule has 0 aromatic rings. The van der Waals surface area contributed by atoms with Crippen molar-refractivity contribution in [3.05, 3.63) is 0 Å². The summed E-state index contributed by atoms with van der Waals surface area (Å²) in [5.41, 5.74) is 0. The van der Waals surface area contributed by atoms with Gasteiger partial charge in [0.25, 0.3) is 0 Å². The van der Waals surface area contributed by atoms with Crippen LogP contribution in [-0.2, 0) is 9.53 Å². The third-order valence-electron chi connectivity index (χ3n) is 1.82. The lowest BCUT2D eigenvalue weighted by Gasteiger charge is -2.12. The second-order valence-electron chi connectivity index (χ2n) is 2.85. The molecule has 0 atom stereocenters. The Morgan fingerprint density at radius 1 is 1.55 bits per heavy atom. The minimum Gasteiger partial charge on any atom is -0.468 e. The number of carbonyl (C=O) groups is 1. The van der Waals surface area contributed by atoms with Crippen LogP contribution in [0.2, 0.25) is 0 Å². The van der Waals surface area contributed by atoms with E-state index in [2.05, 4.69) is 14.5 Å². The van der Waals surface area contributed by atoms with Crippen molar-refractivity contribution in [2.24, 2.45) is 0 Å². The molecule has 0 aliphatic carbocycles. The Morgan fingerprint density at radius 3 is 2.73 bits per heavy atom. The highest BCUT2D eigenvalue weighted by atomic mass is 16.5. The van der Waals surface area contributed by atoms with Gasteiger partial charge in [0.15, 0.2) is 0 Å². The Labute approximate surface area is 66.7 Å². The number of nitrogens with zero attached hydrogens (tertiary/aromatic N) is 2. The van der Waals surface area contributed by atoms with Crippen LogP contribution in [-0.4, -0.2) is 56.2 Å². The summed E-state index contributed by atoms with van der Waals surface area (Å²) in [6, 6.07) is 0. The Kier molecular flexibility index (Phi) is 2.84. The van der Waals surface area contributed by atoms with Crippen LogP contribution in [0.15, 0.2) is 0 Å². The normalized spacial score (nSPS) is 20.5. The van der Waals surface area contributed by atoms with Crippen LogP contribution in [0, 0.1) is 0 Å². The molecule has 0 spiro atoms. The van der Waals surface area contributed by atoms with Gasteiger partial charge in [-0.15, -0.1) is 0 Å². The van der Waals surface area contributed by atoms with E-state index in [-0.39, 0.29) is 5.97 Å². The fraction of sp³-hybridized carbons (Fsp3) is 0.857. The van der Waals surface area contributed by atoms with Crippen molar-refractivity contribution >= 4 is 5.97 Å². The van der Waals surface area contributed by atoms with Crippen molar-refractivity contribution in [1.29, 1.82) is 0 Å². The van der Waals surface area contributed by atoms with Gasteiger partial charge in [-0.2, -0.15) is 0 Å². The Hall–Kier alpha value is -0.610. The largest absolute Gasteiger partial charge is 0.468 e. The van der Waals surface area contributed by atoms with Crippen molar-refractivity contribution in [3.63, 3.8) is 0 Å². The maximum absolute atomic E-state index is 10.8. The number of esters is 1. The first-order chi connectivity index (χ1) is 5.22. The molecule has 0 bridgehead atoms. The SMILES string of the molecule is COC(=O)CN1CCN(C)C1. The highest BCUT2D eigenvalue weighted by molar-refractivity contribution is 5.71. The monoisotopic (exact) mass is 158 g/mol. The predicted octanol–water partition coefficient (Wildman–Crippen LogP) is -0.636. The standard InChI is InChI=1S/C7H14N2O2/c1-8-3-4-9(6-8)5-7(10)11-2/h3-6H2,1-2H3. The summed E-state index contributed by atoms with van der Waals surface area (Å²) in [6.07, 6.45) is 0. The van der Waals surface area contributed by atoms with Crippen LogP contribution in [0.3, 0.4) is 0 Å². The smallest absolute Gasteiger partial charge is 0.319 e. The first-order valence-corrected chi connectivity index (χ1v) is 3.70. The molecule has 4 nitrogen and oxygen atoms in total. The van der Waals surface area contributed by atoms with Gasteiger partial charge in [-0.05, 0) is 7.05 Å². The van der Waals surface area contributed by atoms with E-state index in [9.17, 15) is 4.79 Å². The quantitative estimate of drug-likeness (QED) is 0.501. The summed E-state index contributed by atoms with van der Waals surface area (Å²) in [5, 5.41) is 0.